The van der Waals surface area contributed by atoms with E-state index in [4.69, 9.17) is 9.47 Å². The molecule has 1 aliphatic heterocycles. The normalized spacial score (nSPS) is 16.2. The van der Waals surface area contributed by atoms with Gasteiger partial charge in [-0.25, -0.2) is 4.79 Å². The van der Waals surface area contributed by atoms with Gasteiger partial charge < -0.3 is 14.8 Å². The SMILES string of the molecule is C=C(C)C(=O)OCC1CO1.C=CNC(C)=O. The number of hydrogen-bond donors (Lipinski definition) is 1. The number of rotatable bonds is 4. The summed E-state index contributed by atoms with van der Waals surface area (Å²) in [6.45, 7) is 10.8. The first-order valence-corrected chi connectivity index (χ1v) is 4.79. The van der Waals surface area contributed by atoms with Gasteiger partial charge in [-0.1, -0.05) is 13.2 Å². The zero-order valence-electron chi connectivity index (χ0n) is 9.62. The molecule has 1 aliphatic rings. The average molecular weight is 227 g/mol. The van der Waals surface area contributed by atoms with Crippen molar-refractivity contribution in [1.29, 1.82) is 0 Å². The van der Waals surface area contributed by atoms with Crippen LogP contribution in [0.5, 0.6) is 0 Å². The van der Waals surface area contributed by atoms with Gasteiger partial charge in [-0.15, -0.1) is 0 Å². The van der Waals surface area contributed by atoms with Gasteiger partial charge in [0.25, 0.3) is 0 Å². The molecule has 0 aromatic rings. The number of ether oxygens (including phenoxy) is 2. The molecule has 1 fully saturated rings. The van der Waals surface area contributed by atoms with Crippen LogP contribution in [0.3, 0.4) is 0 Å². The number of carbonyl (C=O) groups excluding carboxylic acids is 2. The molecule has 0 radical (unpaired) electrons. The third kappa shape index (κ3) is 8.96. The van der Waals surface area contributed by atoms with Gasteiger partial charge >= 0.3 is 5.97 Å². The number of nitrogens with one attached hydrogen (secondary N) is 1. The summed E-state index contributed by atoms with van der Waals surface area (Å²) >= 11 is 0. The van der Waals surface area contributed by atoms with Crippen LogP contribution in [0.25, 0.3) is 0 Å². The zero-order valence-corrected chi connectivity index (χ0v) is 9.62. The lowest BCUT2D eigenvalue weighted by Crippen LogP contribution is -2.10. The molecule has 0 aliphatic carbocycles. The molecule has 1 N–H and O–H groups in total. The number of epoxide rings is 1. The quantitative estimate of drug-likeness (QED) is 0.437. The fraction of sp³-hybridized carbons (Fsp3) is 0.455. The van der Waals surface area contributed by atoms with Crippen molar-refractivity contribution in [3.05, 3.63) is 24.9 Å². The lowest BCUT2D eigenvalue weighted by Gasteiger charge is -1.99. The summed E-state index contributed by atoms with van der Waals surface area (Å²) in [6.07, 6.45) is 1.49. The molecule has 0 aromatic heterocycles. The van der Waals surface area contributed by atoms with Crippen molar-refractivity contribution in [2.45, 2.75) is 20.0 Å². The molecule has 0 aromatic carbocycles. The van der Waals surface area contributed by atoms with Crippen LogP contribution < -0.4 is 5.32 Å². The predicted octanol–water partition coefficient (Wildman–Crippen LogP) is 0.770. The van der Waals surface area contributed by atoms with E-state index in [1.54, 1.807) is 6.92 Å². The number of carbonyl (C=O) groups is 2. The summed E-state index contributed by atoms with van der Waals surface area (Å²) in [7, 11) is 0. The van der Waals surface area contributed by atoms with Crippen molar-refractivity contribution in [1.82, 2.24) is 5.32 Å². The van der Waals surface area contributed by atoms with E-state index in [1.807, 2.05) is 0 Å². The van der Waals surface area contributed by atoms with Gasteiger partial charge in [-0.3, -0.25) is 4.79 Å². The van der Waals surface area contributed by atoms with E-state index in [-0.39, 0.29) is 18.0 Å². The highest BCUT2D eigenvalue weighted by Crippen LogP contribution is 2.09. The van der Waals surface area contributed by atoms with Crippen molar-refractivity contribution in [3.8, 4) is 0 Å². The summed E-state index contributed by atoms with van der Waals surface area (Å²) < 4.78 is 9.60. The highest BCUT2D eigenvalue weighted by Gasteiger charge is 2.24. The smallest absolute Gasteiger partial charge is 0.333 e. The molecule has 1 amide bonds. The van der Waals surface area contributed by atoms with Gasteiger partial charge in [0.05, 0.1) is 6.61 Å². The lowest BCUT2D eigenvalue weighted by atomic mass is 10.4. The minimum atomic E-state index is -0.337. The Morgan fingerprint density at radius 2 is 2.12 bits per heavy atom. The van der Waals surface area contributed by atoms with Crippen LogP contribution in [0.15, 0.2) is 24.9 Å². The Morgan fingerprint density at radius 3 is 2.38 bits per heavy atom. The van der Waals surface area contributed by atoms with Gasteiger partial charge in [0.2, 0.25) is 5.91 Å². The van der Waals surface area contributed by atoms with Crippen LogP contribution in [0.4, 0.5) is 0 Å². The second-order valence-corrected chi connectivity index (χ2v) is 3.24. The molecule has 5 heteroatoms. The second-order valence-electron chi connectivity index (χ2n) is 3.24. The maximum absolute atomic E-state index is 10.7. The van der Waals surface area contributed by atoms with Gasteiger partial charge in [0, 0.05) is 12.5 Å². The summed E-state index contributed by atoms with van der Waals surface area (Å²) in [5.41, 5.74) is 0.431. The maximum Gasteiger partial charge on any atom is 0.333 e. The van der Waals surface area contributed by atoms with Gasteiger partial charge in [-0.05, 0) is 13.1 Å². The Morgan fingerprint density at radius 1 is 1.56 bits per heavy atom. The second kappa shape index (κ2) is 7.64. The van der Waals surface area contributed by atoms with Crippen molar-refractivity contribution in [2.75, 3.05) is 13.2 Å². The van der Waals surface area contributed by atoms with E-state index >= 15 is 0 Å². The topological polar surface area (TPSA) is 67.9 Å². The van der Waals surface area contributed by atoms with Crippen molar-refractivity contribution < 1.29 is 19.1 Å². The fourth-order valence-electron chi connectivity index (χ4n) is 0.600. The molecular formula is C11H17NO4. The Kier molecular flexibility index (Phi) is 6.87. The monoisotopic (exact) mass is 227 g/mol. The van der Waals surface area contributed by atoms with Gasteiger partial charge in [-0.2, -0.15) is 0 Å². The van der Waals surface area contributed by atoms with E-state index < -0.39 is 0 Å². The zero-order chi connectivity index (χ0) is 12.6. The summed E-state index contributed by atoms with van der Waals surface area (Å²) in [4.78, 5) is 20.6. The maximum atomic E-state index is 10.7. The first-order chi connectivity index (χ1) is 7.47. The van der Waals surface area contributed by atoms with Crippen LogP contribution in [0, 0.1) is 0 Å². The molecule has 1 unspecified atom stereocenters. The Bertz CT molecular complexity index is 282. The Balaban J connectivity index is 0.000000325. The number of amides is 1. The Labute approximate surface area is 95.1 Å². The lowest BCUT2D eigenvalue weighted by molar-refractivity contribution is -0.139. The summed E-state index contributed by atoms with van der Waals surface area (Å²) in [6, 6.07) is 0. The molecule has 1 heterocycles. The standard InChI is InChI=1S/C7H10O3.C4H7NO/c1-5(2)7(8)10-4-6-3-9-6;1-3-5-4(2)6/h6H,1,3-4H2,2H3;3H,1H2,2H3,(H,5,6). The van der Waals surface area contributed by atoms with Crippen LogP contribution in [-0.4, -0.2) is 31.2 Å². The largest absolute Gasteiger partial charge is 0.459 e. The van der Waals surface area contributed by atoms with Crippen molar-refractivity contribution in [3.63, 3.8) is 0 Å². The van der Waals surface area contributed by atoms with Crippen LogP contribution >= 0.6 is 0 Å². The van der Waals surface area contributed by atoms with Gasteiger partial charge in [0.1, 0.15) is 12.7 Å². The van der Waals surface area contributed by atoms with Crippen molar-refractivity contribution >= 4 is 11.9 Å². The molecule has 0 spiro atoms. The van der Waals surface area contributed by atoms with E-state index in [0.717, 1.165) is 0 Å². The molecule has 1 saturated heterocycles. The van der Waals surface area contributed by atoms with E-state index in [2.05, 4.69) is 18.5 Å². The van der Waals surface area contributed by atoms with Crippen LogP contribution in [0.1, 0.15) is 13.8 Å². The highest BCUT2D eigenvalue weighted by atomic mass is 16.6. The molecular weight excluding hydrogens is 210 g/mol. The van der Waals surface area contributed by atoms with E-state index in [9.17, 15) is 9.59 Å². The van der Waals surface area contributed by atoms with E-state index in [0.29, 0.717) is 18.8 Å². The van der Waals surface area contributed by atoms with E-state index in [1.165, 1.54) is 13.1 Å². The summed E-state index contributed by atoms with van der Waals surface area (Å²) in [5.74, 6) is -0.416. The molecule has 0 bridgehead atoms. The van der Waals surface area contributed by atoms with Crippen LogP contribution in [-0.2, 0) is 19.1 Å². The van der Waals surface area contributed by atoms with Crippen LogP contribution in [0.2, 0.25) is 0 Å². The minimum absolute atomic E-state index is 0.0787. The third-order valence-corrected chi connectivity index (χ3v) is 1.46. The average Bonchev–Trinajstić information content (AvgIpc) is 2.98. The number of hydrogen-bond acceptors (Lipinski definition) is 4. The molecule has 1 rings (SSSR count). The molecule has 90 valence electrons. The van der Waals surface area contributed by atoms with Crippen molar-refractivity contribution in [2.24, 2.45) is 0 Å². The molecule has 1 atom stereocenters. The Hall–Kier alpha value is -1.62. The first-order valence-electron chi connectivity index (χ1n) is 4.79. The highest BCUT2D eigenvalue weighted by molar-refractivity contribution is 5.86. The fourth-order valence-corrected chi connectivity index (χ4v) is 0.600. The third-order valence-electron chi connectivity index (χ3n) is 1.46. The molecule has 16 heavy (non-hydrogen) atoms. The predicted molar refractivity (Wildman–Crippen MR) is 59.5 cm³/mol. The minimum Gasteiger partial charge on any atom is -0.459 e. The molecule has 5 nitrogen and oxygen atoms in total. The number of esters is 1. The van der Waals surface area contributed by atoms with Gasteiger partial charge in [0.15, 0.2) is 0 Å². The summed E-state index contributed by atoms with van der Waals surface area (Å²) in [5, 5.41) is 2.33. The molecule has 0 saturated carbocycles. The first kappa shape index (κ1) is 14.4.